The summed E-state index contributed by atoms with van der Waals surface area (Å²) in [6.45, 7) is 6.37. The van der Waals surface area contributed by atoms with Gasteiger partial charge in [0.05, 0.1) is 6.20 Å². The molecule has 1 N–H and O–H groups in total. The van der Waals surface area contributed by atoms with Crippen molar-refractivity contribution >= 4 is 5.69 Å². The van der Waals surface area contributed by atoms with E-state index in [4.69, 9.17) is 4.52 Å². The lowest BCUT2D eigenvalue weighted by molar-refractivity contribution is 0.382. The SMILES string of the molecule is CCCc1oncc1N1CCNCC1. The van der Waals surface area contributed by atoms with Gasteiger partial charge in [0.1, 0.15) is 5.69 Å². The van der Waals surface area contributed by atoms with E-state index in [0.717, 1.165) is 44.8 Å². The second-order valence-corrected chi connectivity index (χ2v) is 3.62. The Balaban J connectivity index is 2.09. The fourth-order valence-corrected chi connectivity index (χ4v) is 1.82. The van der Waals surface area contributed by atoms with Crippen molar-refractivity contribution in [2.45, 2.75) is 19.8 Å². The van der Waals surface area contributed by atoms with E-state index in [1.807, 2.05) is 6.20 Å². The maximum atomic E-state index is 5.25. The first-order valence-corrected chi connectivity index (χ1v) is 5.31. The number of nitrogens with one attached hydrogen (secondary N) is 1. The molecule has 0 radical (unpaired) electrons. The molecule has 0 unspecified atom stereocenters. The Bertz CT molecular complexity index is 279. The van der Waals surface area contributed by atoms with Crippen LogP contribution in [0.15, 0.2) is 10.7 Å². The molecule has 1 aliphatic rings. The summed E-state index contributed by atoms with van der Waals surface area (Å²) in [5.74, 6) is 1.04. The van der Waals surface area contributed by atoms with Gasteiger partial charge in [0.25, 0.3) is 0 Å². The Labute approximate surface area is 84.3 Å². The Hall–Kier alpha value is -1.03. The van der Waals surface area contributed by atoms with Gasteiger partial charge in [-0.3, -0.25) is 0 Å². The van der Waals surface area contributed by atoms with Crippen LogP contribution in [-0.2, 0) is 6.42 Å². The molecule has 2 rings (SSSR count). The van der Waals surface area contributed by atoms with Crippen molar-refractivity contribution in [3.8, 4) is 0 Å². The van der Waals surface area contributed by atoms with Crippen molar-refractivity contribution in [2.75, 3.05) is 31.1 Å². The maximum absolute atomic E-state index is 5.25. The van der Waals surface area contributed by atoms with E-state index in [1.54, 1.807) is 0 Å². The summed E-state index contributed by atoms with van der Waals surface area (Å²) in [6.07, 6.45) is 3.93. The highest BCUT2D eigenvalue weighted by Gasteiger charge is 2.16. The minimum atomic E-state index is 0.985. The van der Waals surface area contributed by atoms with Crippen LogP contribution < -0.4 is 10.2 Å². The van der Waals surface area contributed by atoms with E-state index in [-0.39, 0.29) is 0 Å². The third-order valence-corrected chi connectivity index (χ3v) is 2.56. The summed E-state index contributed by atoms with van der Waals surface area (Å²) in [7, 11) is 0. The second-order valence-electron chi connectivity index (χ2n) is 3.62. The largest absolute Gasteiger partial charge is 0.365 e. The normalized spacial score (nSPS) is 17.4. The molecule has 1 aliphatic heterocycles. The molecule has 1 fully saturated rings. The molecule has 4 heteroatoms. The highest BCUT2D eigenvalue weighted by molar-refractivity contribution is 5.48. The minimum absolute atomic E-state index is 0.985. The van der Waals surface area contributed by atoms with Crippen LogP contribution >= 0.6 is 0 Å². The smallest absolute Gasteiger partial charge is 0.159 e. The molecule has 0 spiro atoms. The molecule has 1 aromatic rings. The zero-order valence-electron chi connectivity index (χ0n) is 8.62. The highest BCUT2D eigenvalue weighted by atomic mass is 16.5. The topological polar surface area (TPSA) is 41.3 Å². The van der Waals surface area contributed by atoms with Crippen LogP contribution in [0, 0.1) is 0 Å². The molecule has 1 aromatic heterocycles. The van der Waals surface area contributed by atoms with Gasteiger partial charge in [-0.25, -0.2) is 0 Å². The van der Waals surface area contributed by atoms with Crippen LogP contribution in [0.4, 0.5) is 5.69 Å². The van der Waals surface area contributed by atoms with Crippen LogP contribution in [-0.4, -0.2) is 31.3 Å². The van der Waals surface area contributed by atoms with E-state index in [9.17, 15) is 0 Å². The van der Waals surface area contributed by atoms with Crippen molar-refractivity contribution in [2.24, 2.45) is 0 Å². The molecule has 0 aromatic carbocycles. The molecule has 14 heavy (non-hydrogen) atoms. The number of aromatic nitrogens is 1. The van der Waals surface area contributed by atoms with Crippen molar-refractivity contribution in [3.63, 3.8) is 0 Å². The van der Waals surface area contributed by atoms with Crippen molar-refractivity contribution in [1.29, 1.82) is 0 Å². The third-order valence-electron chi connectivity index (χ3n) is 2.56. The highest BCUT2D eigenvalue weighted by Crippen LogP contribution is 2.21. The van der Waals surface area contributed by atoms with Gasteiger partial charge in [-0.1, -0.05) is 12.1 Å². The van der Waals surface area contributed by atoms with Crippen LogP contribution in [0.5, 0.6) is 0 Å². The molecular weight excluding hydrogens is 178 g/mol. The van der Waals surface area contributed by atoms with Crippen molar-refractivity contribution in [1.82, 2.24) is 10.5 Å². The number of rotatable bonds is 3. The molecule has 0 bridgehead atoms. The van der Waals surface area contributed by atoms with Crippen LogP contribution in [0.2, 0.25) is 0 Å². The molecule has 0 amide bonds. The van der Waals surface area contributed by atoms with E-state index in [1.165, 1.54) is 5.69 Å². The Morgan fingerprint density at radius 2 is 2.29 bits per heavy atom. The summed E-state index contributed by atoms with van der Waals surface area (Å²) in [5, 5.41) is 7.21. The van der Waals surface area contributed by atoms with E-state index in [0.29, 0.717) is 0 Å². The zero-order chi connectivity index (χ0) is 9.80. The quantitative estimate of drug-likeness (QED) is 0.782. The van der Waals surface area contributed by atoms with Crippen LogP contribution in [0.25, 0.3) is 0 Å². The molecule has 0 saturated carbocycles. The summed E-state index contributed by atoms with van der Waals surface area (Å²) in [5.41, 5.74) is 1.19. The number of hydrogen-bond donors (Lipinski definition) is 1. The summed E-state index contributed by atoms with van der Waals surface area (Å²) < 4.78 is 5.25. The number of hydrogen-bond acceptors (Lipinski definition) is 4. The Morgan fingerprint density at radius 1 is 1.50 bits per heavy atom. The molecule has 2 heterocycles. The predicted octanol–water partition coefficient (Wildman–Crippen LogP) is 1.04. The number of nitrogens with zero attached hydrogens (tertiary/aromatic N) is 2. The summed E-state index contributed by atoms with van der Waals surface area (Å²) >= 11 is 0. The average molecular weight is 195 g/mol. The molecule has 1 saturated heterocycles. The second kappa shape index (κ2) is 4.46. The Kier molecular flexibility index (Phi) is 3.03. The molecule has 0 aliphatic carbocycles. The summed E-state index contributed by atoms with van der Waals surface area (Å²) in [4.78, 5) is 2.35. The van der Waals surface area contributed by atoms with Gasteiger partial charge in [0.15, 0.2) is 5.76 Å². The van der Waals surface area contributed by atoms with Crippen LogP contribution in [0.1, 0.15) is 19.1 Å². The lowest BCUT2D eigenvalue weighted by Gasteiger charge is -2.28. The first-order valence-electron chi connectivity index (χ1n) is 5.31. The number of anilines is 1. The van der Waals surface area contributed by atoms with Gasteiger partial charge in [-0.15, -0.1) is 0 Å². The predicted molar refractivity (Wildman–Crippen MR) is 55.6 cm³/mol. The molecule has 78 valence electrons. The third kappa shape index (κ3) is 1.90. The average Bonchev–Trinajstić information content (AvgIpc) is 2.68. The van der Waals surface area contributed by atoms with Gasteiger partial charge >= 0.3 is 0 Å². The first kappa shape index (κ1) is 9.52. The standard InChI is InChI=1S/C10H17N3O/c1-2-3-10-9(8-12-14-10)13-6-4-11-5-7-13/h8,11H,2-7H2,1H3. The van der Waals surface area contributed by atoms with Crippen molar-refractivity contribution < 1.29 is 4.52 Å². The maximum Gasteiger partial charge on any atom is 0.159 e. The van der Waals surface area contributed by atoms with Gasteiger partial charge in [-0.2, -0.15) is 0 Å². The first-order chi connectivity index (χ1) is 6.92. The Morgan fingerprint density at radius 3 is 3.00 bits per heavy atom. The van der Waals surface area contributed by atoms with Gasteiger partial charge in [0, 0.05) is 32.6 Å². The van der Waals surface area contributed by atoms with E-state index >= 15 is 0 Å². The fraction of sp³-hybridized carbons (Fsp3) is 0.700. The van der Waals surface area contributed by atoms with E-state index in [2.05, 4.69) is 22.3 Å². The van der Waals surface area contributed by atoms with Gasteiger partial charge in [-0.05, 0) is 6.42 Å². The summed E-state index contributed by atoms with van der Waals surface area (Å²) in [6, 6.07) is 0. The van der Waals surface area contributed by atoms with Gasteiger partial charge < -0.3 is 14.7 Å². The number of piperazine rings is 1. The van der Waals surface area contributed by atoms with Crippen LogP contribution in [0.3, 0.4) is 0 Å². The molecular formula is C10H17N3O. The zero-order valence-corrected chi connectivity index (χ0v) is 8.62. The van der Waals surface area contributed by atoms with Crippen molar-refractivity contribution in [3.05, 3.63) is 12.0 Å². The lowest BCUT2D eigenvalue weighted by Crippen LogP contribution is -2.43. The monoisotopic (exact) mass is 195 g/mol. The lowest BCUT2D eigenvalue weighted by atomic mass is 10.2. The molecule has 4 nitrogen and oxygen atoms in total. The molecule has 0 atom stereocenters. The number of aryl methyl sites for hydroxylation is 1. The minimum Gasteiger partial charge on any atom is -0.365 e. The van der Waals surface area contributed by atoms with Gasteiger partial charge in [0.2, 0.25) is 0 Å². The van der Waals surface area contributed by atoms with E-state index < -0.39 is 0 Å². The fourth-order valence-electron chi connectivity index (χ4n) is 1.82.